The number of carbonyl (C=O) groups is 1. The van der Waals surface area contributed by atoms with Crippen molar-refractivity contribution < 1.29 is 22.3 Å². The van der Waals surface area contributed by atoms with Gasteiger partial charge in [-0.05, 0) is 30.3 Å². The van der Waals surface area contributed by atoms with E-state index in [1.165, 1.54) is 38.4 Å². The molecule has 0 aliphatic carbocycles. The van der Waals surface area contributed by atoms with Crippen LogP contribution in [0.15, 0.2) is 53.4 Å². The molecule has 1 amide bonds. The minimum atomic E-state index is -4.13. The van der Waals surface area contributed by atoms with Crippen LogP contribution < -0.4 is 14.4 Å². The largest absolute Gasteiger partial charge is 0.497 e. The van der Waals surface area contributed by atoms with Crippen molar-refractivity contribution in [3.8, 4) is 5.75 Å². The number of likely N-dealkylation sites (N-methyl/N-ethyl adjacent to an activating group) is 1. The Morgan fingerprint density at radius 1 is 1.21 bits per heavy atom. The Kier molecular flexibility index (Phi) is 5.40. The van der Waals surface area contributed by atoms with Crippen LogP contribution in [0.4, 0.5) is 10.1 Å². The van der Waals surface area contributed by atoms with Gasteiger partial charge in [-0.1, -0.05) is 12.1 Å². The first-order valence-corrected chi connectivity index (χ1v) is 8.45. The average Bonchev–Trinajstić information content (AvgIpc) is 2.59. The second kappa shape index (κ2) is 7.31. The Labute approximate surface area is 139 Å². The molecule has 6 nitrogen and oxygen atoms in total. The number of nitrogens with zero attached hydrogens (tertiary/aromatic N) is 1. The van der Waals surface area contributed by atoms with Gasteiger partial charge in [0, 0.05) is 13.1 Å². The molecule has 0 atom stereocenters. The Morgan fingerprint density at radius 2 is 1.92 bits per heavy atom. The summed E-state index contributed by atoms with van der Waals surface area (Å²) in [6.07, 6.45) is 0. The summed E-state index contributed by atoms with van der Waals surface area (Å²) in [7, 11) is -1.28. The highest BCUT2D eigenvalue weighted by atomic mass is 32.2. The van der Waals surface area contributed by atoms with Crippen molar-refractivity contribution >= 4 is 21.6 Å². The van der Waals surface area contributed by atoms with Crippen molar-refractivity contribution in [3.63, 3.8) is 0 Å². The third-order valence-corrected chi connectivity index (χ3v) is 5.06. The Balaban J connectivity index is 2.54. The Hall–Kier alpha value is -2.61. The standard InChI is InChI=1S/C16H17FN2O4S/c1-18-16(20)11-19(13-6-4-7-14(10-13)23-2)24(21,22)15-8-3-5-12(17)9-15/h3-10H,11H2,1-2H3,(H,18,20). The molecule has 2 aromatic rings. The smallest absolute Gasteiger partial charge is 0.264 e. The number of rotatable bonds is 6. The summed E-state index contributed by atoms with van der Waals surface area (Å²) in [6, 6.07) is 10.9. The maximum Gasteiger partial charge on any atom is 0.264 e. The number of ether oxygens (including phenoxy) is 1. The zero-order valence-electron chi connectivity index (χ0n) is 13.2. The fourth-order valence-corrected chi connectivity index (χ4v) is 3.49. The van der Waals surface area contributed by atoms with Crippen LogP contribution in [-0.2, 0) is 14.8 Å². The highest BCUT2D eigenvalue weighted by Crippen LogP contribution is 2.27. The maximum atomic E-state index is 13.4. The number of methoxy groups -OCH3 is 1. The number of anilines is 1. The normalized spacial score (nSPS) is 11.0. The fourth-order valence-electron chi connectivity index (χ4n) is 2.04. The third-order valence-electron chi connectivity index (χ3n) is 3.29. The van der Waals surface area contributed by atoms with E-state index in [1.807, 2.05) is 0 Å². The van der Waals surface area contributed by atoms with Gasteiger partial charge in [-0.3, -0.25) is 9.10 Å². The molecule has 0 bridgehead atoms. The topological polar surface area (TPSA) is 75.7 Å². The second-order valence-electron chi connectivity index (χ2n) is 4.84. The number of halogens is 1. The van der Waals surface area contributed by atoms with Crippen LogP contribution in [-0.4, -0.2) is 35.0 Å². The van der Waals surface area contributed by atoms with E-state index in [0.29, 0.717) is 5.75 Å². The summed E-state index contributed by atoms with van der Waals surface area (Å²) in [5.74, 6) is -0.747. The molecule has 0 heterocycles. The molecule has 0 aliphatic heterocycles. The lowest BCUT2D eigenvalue weighted by Crippen LogP contribution is -2.39. The number of hydrogen-bond donors (Lipinski definition) is 1. The molecular formula is C16H17FN2O4S. The minimum Gasteiger partial charge on any atom is -0.497 e. The predicted molar refractivity (Wildman–Crippen MR) is 88.0 cm³/mol. The van der Waals surface area contributed by atoms with Gasteiger partial charge in [0.25, 0.3) is 10.0 Å². The number of hydrogen-bond acceptors (Lipinski definition) is 4. The van der Waals surface area contributed by atoms with Crippen LogP contribution in [0.2, 0.25) is 0 Å². The Bertz CT molecular complexity index is 839. The lowest BCUT2D eigenvalue weighted by atomic mass is 10.3. The summed E-state index contributed by atoms with van der Waals surface area (Å²) in [5.41, 5.74) is 0.238. The molecule has 0 saturated heterocycles. The van der Waals surface area contributed by atoms with Gasteiger partial charge in [0.05, 0.1) is 17.7 Å². The lowest BCUT2D eigenvalue weighted by molar-refractivity contribution is -0.119. The van der Waals surface area contributed by atoms with Crippen LogP contribution >= 0.6 is 0 Å². The van der Waals surface area contributed by atoms with Crippen molar-refractivity contribution in [2.75, 3.05) is 25.0 Å². The molecule has 0 aromatic heterocycles. The molecule has 24 heavy (non-hydrogen) atoms. The molecule has 0 radical (unpaired) electrons. The number of nitrogens with one attached hydrogen (secondary N) is 1. The summed E-state index contributed by atoms with van der Waals surface area (Å²) >= 11 is 0. The molecule has 2 rings (SSSR count). The van der Waals surface area contributed by atoms with E-state index in [0.717, 1.165) is 16.4 Å². The zero-order chi connectivity index (χ0) is 17.7. The highest BCUT2D eigenvalue weighted by Gasteiger charge is 2.27. The molecular weight excluding hydrogens is 335 g/mol. The molecule has 0 aliphatic rings. The molecule has 0 spiro atoms. The van der Waals surface area contributed by atoms with E-state index in [9.17, 15) is 17.6 Å². The van der Waals surface area contributed by atoms with Crippen molar-refractivity contribution in [1.82, 2.24) is 5.32 Å². The van der Waals surface area contributed by atoms with Crippen molar-refractivity contribution in [2.24, 2.45) is 0 Å². The minimum absolute atomic E-state index is 0.238. The van der Waals surface area contributed by atoms with Gasteiger partial charge in [0.1, 0.15) is 18.1 Å². The van der Waals surface area contributed by atoms with Crippen molar-refractivity contribution in [2.45, 2.75) is 4.90 Å². The van der Waals surface area contributed by atoms with E-state index in [4.69, 9.17) is 4.74 Å². The molecule has 0 saturated carbocycles. The third kappa shape index (κ3) is 3.83. The summed E-state index contributed by atoms with van der Waals surface area (Å²) < 4.78 is 45.2. The SMILES string of the molecule is CNC(=O)CN(c1cccc(OC)c1)S(=O)(=O)c1cccc(F)c1. The summed E-state index contributed by atoms with van der Waals surface area (Å²) in [5, 5.41) is 2.38. The van der Waals surface area contributed by atoms with E-state index in [1.54, 1.807) is 12.1 Å². The molecule has 8 heteroatoms. The zero-order valence-corrected chi connectivity index (χ0v) is 14.0. The number of benzene rings is 2. The quantitative estimate of drug-likeness (QED) is 0.860. The predicted octanol–water partition coefficient (Wildman–Crippen LogP) is 1.78. The van der Waals surface area contributed by atoms with Crippen LogP contribution in [0, 0.1) is 5.82 Å². The van der Waals surface area contributed by atoms with Gasteiger partial charge in [-0.15, -0.1) is 0 Å². The van der Waals surface area contributed by atoms with Crippen LogP contribution in [0.5, 0.6) is 5.75 Å². The van der Waals surface area contributed by atoms with Gasteiger partial charge < -0.3 is 10.1 Å². The second-order valence-corrected chi connectivity index (χ2v) is 6.71. The van der Waals surface area contributed by atoms with E-state index in [2.05, 4.69) is 5.32 Å². The Morgan fingerprint density at radius 3 is 2.54 bits per heavy atom. The van der Waals surface area contributed by atoms with Crippen molar-refractivity contribution in [3.05, 3.63) is 54.3 Å². The van der Waals surface area contributed by atoms with Gasteiger partial charge in [-0.2, -0.15) is 0 Å². The first-order valence-electron chi connectivity index (χ1n) is 7.01. The van der Waals surface area contributed by atoms with Gasteiger partial charge in [0.2, 0.25) is 5.91 Å². The summed E-state index contributed by atoms with van der Waals surface area (Å²) in [6.45, 7) is -0.442. The highest BCUT2D eigenvalue weighted by molar-refractivity contribution is 7.92. The van der Waals surface area contributed by atoms with Crippen LogP contribution in [0.1, 0.15) is 0 Å². The first kappa shape index (κ1) is 17.7. The fraction of sp³-hybridized carbons (Fsp3) is 0.188. The molecule has 0 unspecified atom stereocenters. The van der Waals surface area contributed by atoms with Crippen LogP contribution in [0.25, 0.3) is 0 Å². The van der Waals surface area contributed by atoms with E-state index in [-0.39, 0.29) is 10.6 Å². The maximum absolute atomic E-state index is 13.4. The van der Waals surface area contributed by atoms with Gasteiger partial charge in [-0.25, -0.2) is 12.8 Å². The number of carbonyl (C=O) groups excluding carboxylic acids is 1. The van der Waals surface area contributed by atoms with Gasteiger partial charge in [0.15, 0.2) is 0 Å². The van der Waals surface area contributed by atoms with Crippen molar-refractivity contribution in [1.29, 1.82) is 0 Å². The summed E-state index contributed by atoms with van der Waals surface area (Å²) in [4.78, 5) is 11.5. The number of amides is 1. The molecule has 1 N–H and O–H groups in total. The monoisotopic (exact) mass is 352 g/mol. The van der Waals surface area contributed by atoms with E-state index >= 15 is 0 Å². The van der Waals surface area contributed by atoms with E-state index < -0.39 is 28.3 Å². The molecule has 0 fully saturated rings. The average molecular weight is 352 g/mol. The lowest BCUT2D eigenvalue weighted by Gasteiger charge is -2.24. The molecule has 2 aromatic carbocycles. The first-order chi connectivity index (χ1) is 11.4. The number of sulfonamides is 1. The molecule has 128 valence electrons. The van der Waals surface area contributed by atoms with Gasteiger partial charge >= 0.3 is 0 Å². The van der Waals surface area contributed by atoms with Crippen LogP contribution in [0.3, 0.4) is 0 Å².